The van der Waals surface area contributed by atoms with Crippen LogP contribution >= 0.6 is 0 Å². The van der Waals surface area contributed by atoms with Crippen molar-refractivity contribution in [3.63, 3.8) is 0 Å². The zero-order chi connectivity index (χ0) is 22.8. The summed E-state index contributed by atoms with van der Waals surface area (Å²) in [6, 6.07) is 19.9. The number of piperidine rings is 1. The molecule has 2 heterocycles. The van der Waals surface area contributed by atoms with Gasteiger partial charge in [-0.05, 0) is 66.3 Å². The Labute approximate surface area is 194 Å². The molecule has 0 bridgehead atoms. The number of carbonyl (C=O) groups excluding carboxylic acids is 2. The van der Waals surface area contributed by atoms with Gasteiger partial charge in [0.2, 0.25) is 0 Å². The zero-order valence-electron chi connectivity index (χ0n) is 19.1. The van der Waals surface area contributed by atoms with Crippen molar-refractivity contribution in [2.75, 3.05) is 32.8 Å². The number of benzene rings is 3. The van der Waals surface area contributed by atoms with Gasteiger partial charge in [0, 0.05) is 37.3 Å². The number of hydrogen-bond donors (Lipinski definition) is 0. The van der Waals surface area contributed by atoms with Crippen LogP contribution in [0.4, 0.5) is 0 Å². The van der Waals surface area contributed by atoms with E-state index in [4.69, 9.17) is 4.74 Å². The Morgan fingerprint density at radius 1 is 0.818 bits per heavy atom. The maximum absolute atomic E-state index is 13.3. The fraction of sp³-hybridized carbons (Fsp3) is 0.357. The molecule has 0 N–H and O–H groups in total. The number of hydrogen-bond acceptors (Lipinski definition) is 3. The fourth-order valence-electron chi connectivity index (χ4n) is 5.01. The summed E-state index contributed by atoms with van der Waals surface area (Å²) in [6.07, 6.45) is 3.40. The fourth-order valence-corrected chi connectivity index (χ4v) is 5.01. The summed E-state index contributed by atoms with van der Waals surface area (Å²) in [5.41, 5.74) is 3.46. The van der Waals surface area contributed by atoms with Gasteiger partial charge in [0.25, 0.3) is 11.8 Å². The van der Waals surface area contributed by atoms with Crippen LogP contribution in [0.3, 0.4) is 0 Å². The first-order chi connectivity index (χ1) is 16.1. The lowest BCUT2D eigenvalue weighted by molar-refractivity contribution is -0.0123. The quantitative estimate of drug-likeness (QED) is 0.574. The van der Waals surface area contributed by atoms with Gasteiger partial charge < -0.3 is 14.5 Å². The van der Waals surface area contributed by atoms with Crippen LogP contribution in [0.2, 0.25) is 0 Å². The Morgan fingerprint density at radius 2 is 1.61 bits per heavy atom. The molecule has 33 heavy (non-hydrogen) atoms. The van der Waals surface area contributed by atoms with Crippen molar-refractivity contribution < 1.29 is 14.3 Å². The lowest BCUT2D eigenvalue weighted by atomic mass is 9.93. The van der Waals surface area contributed by atoms with Gasteiger partial charge in [0.1, 0.15) is 0 Å². The van der Waals surface area contributed by atoms with Crippen LogP contribution < -0.4 is 0 Å². The smallest absolute Gasteiger partial charge is 0.254 e. The van der Waals surface area contributed by atoms with E-state index in [1.54, 1.807) is 0 Å². The predicted octanol–water partition coefficient (Wildman–Crippen LogP) is 4.99. The molecule has 2 aliphatic heterocycles. The molecule has 2 fully saturated rings. The molecular weight excluding hydrogens is 412 g/mol. The molecular formula is C28H30N2O3. The highest BCUT2D eigenvalue weighted by molar-refractivity contribution is 6.11. The average Bonchev–Trinajstić information content (AvgIpc) is 2.88. The van der Waals surface area contributed by atoms with E-state index >= 15 is 0 Å². The van der Waals surface area contributed by atoms with Crippen molar-refractivity contribution in [2.45, 2.75) is 32.3 Å². The highest BCUT2D eigenvalue weighted by atomic mass is 16.5. The third-order valence-electron chi connectivity index (χ3n) is 6.75. The summed E-state index contributed by atoms with van der Waals surface area (Å²) in [5, 5.41) is 1.96. The summed E-state index contributed by atoms with van der Waals surface area (Å²) in [7, 11) is 0. The molecule has 0 aliphatic carbocycles. The maximum atomic E-state index is 13.3. The second kappa shape index (κ2) is 9.36. The Kier molecular flexibility index (Phi) is 6.14. The van der Waals surface area contributed by atoms with Crippen molar-refractivity contribution in [1.82, 2.24) is 9.80 Å². The molecule has 2 amide bonds. The zero-order valence-corrected chi connectivity index (χ0v) is 19.1. The van der Waals surface area contributed by atoms with Gasteiger partial charge in [0.05, 0.1) is 12.7 Å². The predicted molar refractivity (Wildman–Crippen MR) is 130 cm³/mol. The average molecular weight is 443 g/mol. The van der Waals surface area contributed by atoms with Crippen molar-refractivity contribution in [1.29, 1.82) is 0 Å². The number of amides is 2. The lowest BCUT2D eigenvalue weighted by Gasteiger charge is -2.31. The van der Waals surface area contributed by atoms with Gasteiger partial charge in [-0.3, -0.25) is 9.59 Å². The Hall–Kier alpha value is -3.18. The van der Waals surface area contributed by atoms with Gasteiger partial charge in [-0.1, -0.05) is 42.5 Å². The minimum atomic E-state index is 0.0435. The van der Waals surface area contributed by atoms with E-state index in [0.717, 1.165) is 53.4 Å². The van der Waals surface area contributed by atoms with Crippen molar-refractivity contribution >= 4 is 22.6 Å². The molecule has 5 rings (SSSR count). The number of likely N-dealkylation sites (tertiary alicyclic amines) is 1. The van der Waals surface area contributed by atoms with Crippen LogP contribution in [0.15, 0.2) is 60.7 Å². The summed E-state index contributed by atoms with van der Waals surface area (Å²) >= 11 is 0. The van der Waals surface area contributed by atoms with Crippen LogP contribution in [-0.4, -0.2) is 60.5 Å². The number of ether oxygens (including phenoxy) is 1. The standard InChI is InChI=1S/C28H30N2O3/c1-20-19-30(16-17-33-20)28(32)26-13-12-23(24-10-3-4-11-25(24)26)21-8-7-9-22(18-21)27(31)29-14-5-2-6-15-29/h3-4,7-13,18,20H,2,5-6,14-17,19H2,1H3. The van der Waals surface area contributed by atoms with Crippen LogP contribution in [-0.2, 0) is 4.74 Å². The normalized spacial score (nSPS) is 19.0. The van der Waals surface area contributed by atoms with Crippen LogP contribution in [0.25, 0.3) is 21.9 Å². The molecule has 2 saturated heterocycles. The van der Waals surface area contributed by atoms with E-state index in [1.807, 2.05) is 71.3 Å². The number of morpholine rings is 1. The number of rotatable bonds is 3. The minimum Gasteiger partial charge on any atom is -0.375 e. The van der Waals surface area contributed by atoms with Gasteiger partial charge in [-0.25, -0.2) is 0 Å². The molecule has 5 heteroatoms. The van der Waals surface area contributed by atoms with Crippen molar-refractivity contribution in [2.24, 2.45) is 0 Å². The molecule has 0 spiro atoms. The lowest BCUT2D eigenvalue weighted by Crippen LogP contribution is -2.44. The highest BCUT2D eigenvalue weighted by Gasteiger charge is 2.24. The van der Waals surface area contributed by atoms with E-state index in [1.165, 1.54) is 6.42 Å². The maximum Gasteiger partial charge on any atom is 0.254 e. The van der Waals surface area contributed by atoms with Gasteiger partial charge >= 0.3 is 0 Å². The summed E-state index contributed by atoms with van der Waals surface area (Å²) in [5.74, 6) is 0.149. The van der Waals surface area contributed by atoms with Crippen molar-refractivity contribution in [3.8, 4) is 11.1 Å². The third kappa shape index (κ3) is 4.38. The monoisotopic (exact) mass is 442 g/mol. The number of fused-ring (bicyclic) bond motifs is 1. The third-order valence-corrected chi connectivity index (χ3v) is 6.75. The van der Waals surface area contributed by atoms with Gasteiger partial charge in [-0.15, -0.1) is 0 Å². The molecule has 3 aromatic rings. The second-order valence-corrected chi connectivity index (χ2v) is 9.07. The number of nitrogens with zero attached hydrogens (tertiary/aromatic N) is 2. The van der Waals surface area contributed by atoms with Crippen LogP contribution in [0, 0.1) is 0 Å². The summed E-state index contributed by atoms with van der Waals surface area (Å²) in [6.45, 7) is 5.46. The Morgan fingerprint density at radius 3 is 2.39 bits per heavy atom. The Balaban J connectivity index is 1.50. The first-order valence-corrected chi connectivity index (χ1v) is 11.9. The van der Waals surface area contributed by atoms with Crippen LogP contribution in [0.1, 0.15) is 46.9 Å². The van der Waals surface area contributed by atoms with E-state index < -0.39 is 0 Å². The van der Waals surface area contributed by atoms with E-state index in [-0.39, 0.29) is 17.9 Å². The molecule has 1 unspecified atom stereocenters. The summed E-state index contributed by atoms with van der Waals surface area (Å²) in [4.78, 5) is 30.2. The molecule has 0 radical (unpaired) electrons. The molecule has 0 aromatic heterocycles. The summed E-state index contributed by atoms with van der Waals surface area (Å²) < 4.78 is 5.61. The van der Waals surface area contributed by atoms with E-state index in [9.17, 15) is 9.59 Å². The first kappa shape index (κ1) is 21.7. The topological polar surface area (TPSA) is 49.9 Å². The second-order valence-electron chi connectivity index (χ2n) is 9.07. The minimum absolute atomic E-state index is 0.0435. The van der Waals surface area contributed by atoms with Crippen molar-refractivity contribution in [3.05, 3.63) is 71.8 Å². The molecule has 0 saturated carbocycles. The molecule has 5 nitrogen and oxygen atoms in total. The molecule has 1 atom stereocenters. The van der Waals surface area contributed by atoms with E-state index in [0.29, 0.717) is 25.3 Å². The Bertz CT molecular complexity index is 1180. The van der Waals surface area contributed by atoms with Crippen LogP contribution in [0.5, 0.6) is 0 Å². The molecule has 170 valence electrons. The SMILES string of the molecule is CC1CN(C(=O)c2ccc(-c3cccc(C(=O)N4CCCCC4)c3)c3ccccc23)CCO1. The highest BCUT2D eigenvalue weighted by Crippen LogP contribution is 2.32. The van der Waals surface area contributed by atoms with Gasteiger partial charge in [0.15, 0.2) is 0 Å². The number of carbonyl (C=O) groups is 2. The molecule has 2 aliphatic rings. The van der Waals surface area contributed by atoms with E-state index in [2.05, 4.69) is 6.07 Å². The first-order valence-electron chi connectivity index (χ1n) is 11.9. The molecule has 3 aromatic carbocycles. The van der Waals surface area contributed by atoms with Gasteiger partial charge in [-0.2, -0.15) is 0 Å². The largest absolute Gasteiger partial charge is 0.375 e.